The van der Waals surface area contributed by atoms with Gasteiger partial charge >= 0.3 is 0 Å². The number of hydrogen-bond acceptors (Lipinski definition) is 2. The summed E-state index contributed by atoms with van der Waals surface area (Å²) in [6.45, 7) is 0.278. The van der Waals surface area contributed by atoms with Crippen LogP contribution in [-0.2, 0) is 6.54 Å². The molecule has 0 fully saturated rings. The zero-order valence-electron chi connectivity index (χ0n) is 5.14. The van der Waals surface area contributed by atoms with Gasteiger partial charge in [0.15, 0.2) is 11.0 Å². The van der Waals surface area contributed by atoms with Gasteiger partial charge in [0.2, 0.25) is 0 Å². The van der Waals surface area contributed by atoms with Crippen LogP contribution in [0.2, 0.25) is 5.15 Å². The van der Waals surface area contributed by atoms with Crippen LogP contribution in [0, 0.1) is 5.82 Å². The first-order valence-corrected chi connectivity index (χ1v) is 3.13. The van der Waals surface area contributed by atoms with Crippen LogP contribution in [0.15, 0.2) is 12.1 Å². The van der Waals surface area contributed by atoms with Crippen LogP contribution < -0.4 is 5.73 Å². The summed E-state index contributed by atoms with van der Waals surface area (Å²) >= 11 is 5.35. The number of aromatic nitrogens is 1. The van der Waals surface area contributed by atoms with Gasteiger partial charge in [-0.05, 0) is 12.1 Å². The van der Waals surface area contributed by atoms with Crippen LogP contribution in [0.5, 0.6) is 0 Å². The molecule has 54 valence electrons. The molecule has 1 aromatic rings. The Morgan fingerprint density at radius 1 is 1.60 bits per heavy atom. The predicted octanol–water partition coefficient (Wildman–Crippen LogP) is 1.33. The monoisotopic (exact) mass is 160 g/mol. The lowest BCUT2D eigenvalue weighted by molar-refractivity contribution is 0.619. The van der Waals surface area contributed by atoms with E-state index in [0.717, 1.165) is 0 Å². The van der Waals surface area contributed by atoms with E-state index in [1.165, 1.54) is 12.1 Å². The molecular weight excluding hydrogens is 155 g/mol. The number of pyridine rings is 1. The number of nitrogens with zero attached hydrogens (tertiary/aromatic N) is 1. The van der Waals surface area contributed by atoms with Crippen molar-refractivity contribution in [1.29, 1.82) is 0 Å². The van der Waals surface area contributed by atoms with Crippen LogP contribution >= 0.6 is 11.6 Å². The number of hydrogen-bond donors (Lipinski definition) is 1. The van der Waals surface area contributed by atoms with Gasteiger partial charge in [-0.2, -0.15) is 0 Å². The van der Waals surface area contributed by atoms with Gasteiger partial charge in [-0.15, -0.1) is 0 Å². The van der Waals surface area contributed by atoms with E-state index in [0.29, 0.717) is 5.69 Å². The molecular formula is C6H6ClFN2. The van der Waals surface area contributed by atoms with Gasteiger partial charge in [-0.1, -0.05) is 11.6 Å². The molecule has 0 atom stereocenters. The Labute approximate surface area is 62.8 Å². The Balaban J connectivity index is 3.04. The zero-order valence-corrected chi connectivity index (χ0v) is 5.90. The zero-order chi connectivity index (χ0) is 7.56. The van der Waals surface area contributed by atoms with E-state index in [-0.39, 0.29) is 11.7 Å². The highest BCUT2D eigenvalue weighted by atomic mass is 35.5. The largest absolute Gasteiger partial charge is 0.325 e. The van der Waals surface area contributed by atoms with Crippen molar-refractivity contribution in [3.63, 3.8) is 0 Å². The van der Waals surface area contributed by atoms with Crippen LogP contribution in [0.25, 0.3) is 0 Å². The summed E-state index contributed by atoms with van der Waals surface area (Å²) in [4.78, 5) is 3.66. The molecule has 0 aromatic carbocycles. The van der Waals surface area contributed by atoms with Crippen LogP contribution in [0.4, 0.5) is 4.39 Å². The predicted molar refractivity (Wildman–Crippen MR) is 37.1 cm³/mol. The molecule has 2 nitrogen and oxygen atoms in total. The maximum absolute atomic E-state index is 12.4. The highest BCUT2D eigenvalue weighted by Gasteiger charge is 1.99. The van der Waals surface area contributed by atoms with Crippen molar-refractivity contribution in [2.45, 2.75) is 6.54 Å². The summed E-state index contributed by atoms with van der Waals surface area (Å²) in [6, 6.07) is 2.75. The molecule has 1 rings (SSSR count). The highest BCUT2D eigenvalue weighted by Crippen LogP contribution is 2.10. The third-order valence-corrected chi connectivity index (χ3v) is 1.34. The molecule has 0 bridgehead atoms. The van der Waals surface area contributed by atoms with Crippen LogP contribution in [-0.4, -0.2) is 4.98 Å². The first kappa shape index (κ1) is 7.44. The van der Waals surface area contributed by atoms with E-state index in [4.69, 9.17) is 17.3 Å². The summed E-state index contributed by atoms with van der Waals surface area (Å²) in [7, 11) is 0. The van der Waals surface area contributed by atoms with Gasteiger partial charge in [0.1, 0.15) is 0 Å². The van der Waals surface area contributed by atoms with E-state index in [1.807, 2.05) is 0 Å². The summed E-state index contributed by atoms with van der Waals surface area (Å²) in [6.07, 6.45) is 0. The standard InChI is InChI=1S/C6H6ClFN2/c7-6-5(8)2-1-4(3-9)10-6/h1-2H,3,9H2. The van der Waals surface area contributed by atoms with Crippen molar-refractivity contribution < 1.29 is 4.39 Å². The lowest BCUT2D eigenvalue weighted by Crippen LogP contribution is -1.99. The lowest BCUT2D eigenvalue weighted by atomic mass is 10.3. The fourth-order valence-corrected chi connectivity index (χ4v) is 0.740. The Hall–Kier alpha value is -0.670. The quantitative estimate of drug-likeness (QED) is 0.630. The van der Waals surface area contributed by atoms with Gasteiger partial charge in [0.05, 0.1) is 5.69 Å². The van der Waals surface area contributed by atoms with Gasteiger partial charge in [-0.25, -0.2) is 9.37 Å². The van der Waals surface area contributed by atoms with Gasteiger partial charge in [0.25, 0.3) is 0 Å². The van der Waals surface area contributed by atoms with E-state index in [2.05, 4.69) is 4.98 Å². The summed E-state index contributed by atoms with van der Waals surface area (Å²) in [5, 5.41) is -0.122. The maximum atomic E-state index is 12.4. The SMILES string of the molecule is NCc1ccc(F)c(Cl)n1. The molecule has 0 aliphatic rings. The second-order valence-electron chi connectivity index (χ2n) is 1.78. The normalized spacial score (nSPS) is 9.90. The fourth-order valence-electron chi connectivity index (χ4n) is 0.569. The number of rotatable bonds is 1. The van der Waals surface area contributed by atoms with Crippen molar-refractivity contribution >= 4 is 11.6 Å². The van der Waals surface area contributed by atoms with Crippen LogP contribution in [0.3, 0.4) is 0 Å². The minimum absolute atomic E-state index is 0.122. The molecule has 1 aromatic heterocycles. The molecule has 4 heteroatoms. The topological polar surface area (TPSA) is 38.9 Å². The highest BCUT2D eigenvalue weighted by molar-refractivity contribution is 6.29. The van der Waals surface area contributed by atoms with Gasteiger partial charge in [-0.3, -0.25) is 0 Å². The first-order chi connectivity index (χ1) is 4.74. The Kier molecular flexibility index (Phi) is 2.19. The van der Waals surface area contributed by atoms with Crippen molar-refractivity contribution in [2.24, 2.45) is 5.73 Å². The minimum Gasteiger partial charge on any atom is -0.325 e. The molecule has 0 spiro atoms. The van der Waals surface area contributed by atoms with Gasteiger partial charge < -0.3 is 5.73 Å². The Morgan fingerprint density at radius 2 is 2.30 bits per heavy atom. The van der Waals surface area contributed by atoms with Crippen molar-refractivity contribution in [3.8, 4) is 0 Å². The molecule has 0 saturated heterocycles. The van der Waals surface area contributed by atoms with Gasteiger partial charge in [0, 0.05) is 6.54 Å². The third kappa shape index (κ3) is 1.43. The molecule has 0 unspecified atom stereocenters. The molecule has 0 aliphatic heterocycles. The van der Waals surface area contributed by atoms with E-state index < -0.39 is 5.82 Å². The molecule has 0 saturated carbocycles. The molecule has 1 heterocycles. The van der Waals surface area contributed by atoms with Crippen LogP contribution in [0.1, 0.15) is 5.69 Å². The van der Waals surface area contributed by atoms with Crippen molar-refractivity contribution in [3.05, 3.63) is 28.8 Å². The number of nitrogens with two attached hydrogens (primary N) is 1. The summed E-state index contributed by atoms with van der Waals surface area (Å²) in [5.41, 5.74) is 5.81. The smallest absolute Gasteiger partial charge is 0.165 e. The molecule has 0 aliphatic carbocycles. The van der Waals surface area contributed by atoms with E-state index in [9.17, 15) is 4.39 Å². The molecule has 2 N–H and O–H groups in total. The Morgan fingerprint density at radius 3 is 2.80 bits per heavy atom. The summed E-state index contributed by atoms with van der Waals surface area (Å²) in [5.74, 6) is -0.515. The van der Waals surface area contributed by atoms with E-state index in [1.54, 1.807) is 0 Å². The second kappa shape index (κ2) is 2.94. The first-order valence-electron chi connectivity index (χ1n) is 2.75. The third-order valence-electron chi connectivity index (χ3n) is 1.07. The molecule has 0 amide bonds. The second-order valence-corrected chi connectivity index (χ2v) is 2.14. The average Bonchev–Trinajstić information content (AvgIpc) is 1.95. The number of halogens is 2. The lowest BCUT2D eigenvalue weighted by Gasteiger charge is -1.95. The molecule has 0 radical (unpaired) electrons. The summed E-state index contributed by atoms with van der Waals surface area (Å²) < 4.78 is 12.4. The average molecular weight is 161 g/mol. The molecule has 10 heavy (non-hydrogen) atoms. The Bertz CT molecular complexity index is 239. The fraction of sp³-hybridized carbons (Fsp3) is 0.167. The van der Waals surface area contributed by atoms with Crippen molar-refractivity contribution in [1.82, 2.24) is 4.98 Å². The van der Waals surface area contributed by atoms with E-state index >= 15 is 0 Å². The maximum Gasteiger partial charge on any atom is 0.165 e. The minimum atomic E-state index is -0.515. The van der Waals surface area contributed by atoms with Crippen molar-refractivity contribution in [2.75, 3.05) is 0 Å².